The molecule has 5 aliphatic carbocycles. The number of hydrogen-bond acceptors (Lipinski definition) is 4. The molecule has 1 atom stereocenters. The summed E-state index contributed by atoms with van der Waals surface area (Å²) in [7, 11) is 0. The fourth-order valence-corrected chi connectivity index (χ4v) is 10.8. The van der Waals surface area contributed by atoms with Crippen LogP contribution in [-0.2, 0) is 19.1 Å². The molecule has 0 aromatic carbocycles. The molecule has 0 bridgehead atoms. The summed E-state index contributed by atoms with van der Waals surface area (Å²) in [6.07, 6.45) is 33.9. The van der Waals surface area contributed by atoms with Gasteiger partial charge in [0.05, 0.1) is 11.8 Å². The number of carbonyl (C=O) groups is 2. The van der Waals surface area contributed by atoms with Crippen molar-refractivity contribution in [2.24, 2.45) is 53.3 Å². The van der Waals surface area contributed by atoms with E-state index < -0.39 is 0 Å². The van der Waals surface area contributed by atoms with Gasteiger partial charge in [-0.25, -0.2) is 0 Å². The van der Waals surface area contributed by atoms with E-state index in [4.69, 9.17) is 9.47 Å². The molecule has 46 heavy (non-hydrogen) atoms. The number of unbranched alkanes of at least 4 members (excludes halogenated alkanes) is 2. The van der Waals surface area contributed by atoms with Crippen molar-refractivity contribution in [1.29, 1.82) is 0 Å². The second-order valence-corrected chi connectivity index (χ2v) is 17.1. The molecule has 5 saturated carbocycles. The topological polar surface area (TPSA) is 52.6 Å². The van der Waals surface area contributed by atoms with Gasteiger partial charge in [0.15, 0.2) is 0 Å². The van der Waals surface area contributed by atoms with Crippen molar-refractivity contribution in [1.82, 2.24) is 0 Å². The summed E-state index contributed by atoms with van der Waals surface area (Å²) in [6, 6.07) is 0. The van der Waals surface area contributed by atoms with E-state index in [0.717, 1.165) is 74.0 Å². The minimum Gasteiger partial charge on any atom is -0.462 e. The number of ether oxygens (including phenoxy) is 2. The number of rotatable bonds is 14. The Morgan fingerprint density at radius 3 is 1.37 bits per heavy atom. The average Bonchev–Trinajstić information content (AvgIpc) is 3.12. The molecule has 5 aliphatic rings. The molecule has 4 heteroatoms. The summed E-state index contributed by atoms with van der Waals surface area (Å²) in [4.78, 5) is 26.8. The third kappa shape index (κ3) is 10.7. The van der Waals surface area contributed by atoms with E-state index in [1.54, 1.807) is 0 Å². The molecule has 0 saturated heterocycles. The zero-order valence-electron chi connectivity index (χ0n) is 30.2. The Hall–Kier alpha value is -1.06. The summed E-state index contributed by atoms with van der Waals surface area (Å²) in [5.74, 6) is 5.70. The molecule has 0 aliphatic heterocycles. The standard InChI is InChI=1S/C42H72O4/c1-3-5-10-31-14-18-33(19-15-31)35-22-26-38(27-23-35)41(43)45-30-40(37-12-8-7-9-13-37)46-42(44)39-28-24-36(25-29-39)34-20-16-32(17-21-34)11-6-4-2/h31-40H,3-30H2,1-2H3. The van der Waals surface area contributed by atoms with Gasteiger partial charge in [-0.3, -0.25) is 9.59 Å². The van der Waals surface area contributed by atoms with Crippen LogP contribution < -0.4 is 0 Å². The summed E-state index contributed by atoms with van der Waals surface area (Å²) >= 11 is 0. The summed E-state index contributed by atoms with van der Waals surface area (Å²) < 4.78 is 12.3. The number of carbonyl (C=O) groups excluding carboxylic acids is 2. The van der Waals surface area contributed by atoms with E-state index in [9.17, 15) is 9.59 Å². The van der Waals surface area contributed by atoms with Crippen LogP contribution in [-0.4, -0.2) is 24.6 Å². The third-order valence-corrected chi connectivity index (χ3v) is 14.1. The Labute approximate surface area is 283 Å². The lowest BCUT2D eigenvalue weighted by Gasteiger charge is -2.38. The Bertz CT molecular complexity index is 862. The van der Waals surface area contributed by atoms with Gasteiger partial charge in [0.1, 0.15) is 12.7 Å². The van der Waals surface area contributed by atoms with Crippen LogP contribution in [0.5, 0.6) is 0 Å². The van der Waals surface area contributed by atoms with E-state index in [0.29, 0.717) is 5.92 Å². The smallest absolute Gasteiger partial charge is 0.309 e. The van der Waals surface area contributed by atoms with Crippen molar-refractivity contribution >= 4 is 11.9 Å². The van der Waals surface area contributed by atoms with Gasteiger partial charge in [0.2, 0.25) is 0 Å². The van der Waals surface area contributed by atoms with Crippen molar-refractivity contribution in [2.45, 2.75) is 193 Å². The molecule has 0 heterocycles. The SMILES string of the molecule is CCCCC1CCC(C2CCC(C(=O)OCC(OC(=O)C3CCC(C4CCC(CCCC)CC4)CC3)C3CCCCC3)CC2)CC1. The highest BCUT2D eigenvalue weighted by atomic mass is 16.6. The van der Waals surface area contributed by atoms with Gasteiger partial charge in [-0.15, -0.1) is 0 Å². The monoisotopic (exact) mass is 641 g/mol. The Morgan fingerprint density at radius 2 is 0.935 bits per heavy atom. The van der Waals surface area contributed by atoms with E-state index >= 15 is 0 Å². The largest absolute Gasteiger partial charge is 0.462 e. The maximum absolute atomic E-state index is 13.5. The number of esters is 2. The maximum Gasteiger partial charge on any atom is 0.309 e. The number of hydrogen-bond donors (Lipinski definition) is 0. The first-order valence-electron chi connectivity index (χ1n) is 20.9. The maximum atomic E-state index is 13.5. The molecular formula is C42H72O4. The predicted octanol–water partition coefficient (Wildman–Crippen LogP) is 11.6. The first kappa shape index (κ1) is 36.2. The second-order valence-electron chi connectivity index (χ2n) is 17.1. The molecule has 4 nitrogen and oxygen atoms in total. The molecule has 0 N–H and O–H groups in total. The van der Waals surface area contributed by atoms with Crippen LogP contribution in [0.2, 0.25) is 0 Å². The molecule has 0 spiro atoms. The lowest BCUT2D eigenvalue weighted by Crippen LogP contribution is -2.38. The highest BCUT2D eigenvalue weighted by Gasteiger charge is 2.37. The van der Waals surface area contributed by atoms with E-state index in [1.165, 1.54) is 135 Å². The van der Waals surface area contributed by atoms with Crippen molar-refractivity contribution in [3.8, 4) is 0 Å². The van der Waals surface area contributed by atoms with Gasteiger partial charge in [-0.1, -0.05) is 97.3 Å². The Morgan fingerprint density at radius 1 is 0.522 bits per heavy atom. The molecule has 5 rings (SSSR count). The molecule has 1 unspecified atom stereocenters. The van der Waals surface area contributed by atoms with Gasteiger partial charge < -0.3 is 9.47 Å². The molecule has 0 aromatic rings. The van der Waals surface area contributed by atoms with Crippen molar-refractivity contribution in [2.75, 3.05) is 6.61 Å². The van der Waals surface area contributed by atoms with Gasteiger partial charge >= 0.3 is 11.9 Å². The quantitative estimate of drug-likeness (QED) is 0.177. The molecule has 264 valence electrons. The zero-order valence-corrected chi connectivity index (χ0v) is 30.2. The van der Waals surface area contributed by atoms with Gasteiger partial charge in [0.25, 0.3) is 0 Å². The molecule has 0 radical (unpaired) electrons. The predicted molar refractivity (Wildman–Crippen MR) is 188 cm³/mol. The second kappa shape index (κ2) is 19.2. The highest BCUT2D eigenvalue weighted by molar-refractivity contribution is 5.73. The molecule has 5 fully saturated rings. The van der Waals surface area contributed by atoms with Crippen molar-refractivity contribution in [3.63, 3.8) is 0 Å². The minimum atomic E-state index is -0.257. The van der Waals surface area contributed by atoms with Gasteiger partial charge in [-0.05, 0) is 131 Å². The van der Waals surface area contributed by atoms with E-state index in [2.05, 4.69) is 13.8 Å². The van der Waals surface area contributed by atoms with Crippen molar-refractivity contribution < 1.29 is 19.1 Å². The summed E-state index contributed by atoms with van der Waals surface area (Å²) in [5.41, 5.74) is 0. The normalized spacial score (nSPS) is 35.3. The van der Waals surface area contributed by atoms with Crippen LogP contribution in [0.1, 0.15) is 187 Å². The molecule has 0 aromatic heterocycles. The van der Waals surface area contributed by atoms with Crippen LogP contribution in [0.4, 0.5) is 0 Å². The fraction of sp³-hybridized carbons (Fsp3) is 0.952. The Balaban J connectivity index is 1.03. The Kier molecular flexibility index (Phi) is 15.1. The van der Waals surface area contributed by atoms with Crippen molar-refractivity contribution in [3.05, 3.63) is 0 Å². The summed E-state index contributed by atoms with van der Waals surface area (Å²) in [5, 5.41) is 0. The highest BCUT2D eigenvalue weighted by Crippen LogP contribution is 2.44. The summed E-state index contributed by atoms with van der Waals surface area (Å²) in [6.45, 7) is 4.89. The fourth-order valence-electron chi connectivity index (χ4n) is 10.8. The van der Waals surface area contributed by atoms with Crippen LogP contribution >= 0.6 is 0 Å². The average molecular weight is 641 g/mol. The van der Waals surface area contributed by atoms with E-state index in [-0.39, 0.29) is 36.5 Å². The zero-order chi connectivity index (χ0) is 32.1. The van der Waals surface area contributed by atoms with Crippen LogP contribution in [0.3, 0.4) is 0 Å². The third-order valence-electron chi connectivity index (χ3n) is 14.1. The van der Waals surface area contributed by atoms with Gasteiger partial charge in [0, 0.05) is 0 Å². The van der Waals surface area contributed by atoms with Crippen LogP contribution in [0.15, 0.2) is 0 Å². The first-order chi connectivity index (χ1) is 22.5. The van der Waals surface area contributed by atoms with E-state index in [1.807, 2.05) is 0 Å². The van der Waals surface area contributed by atoms with Crippen LogP contribution in [0, 0.1) is 53.3 Å². The minimum absolute atomic E-state index is 0.00160. The first-order valence-corrected chi connectivity index (χ1v) is 20.9. The lowest BCUT2D eigenvalue weighted by atomic mass is 9.68. The molecule has 0 amide bonds. The van der Waals surface area contributed by atoms with Crippen LogP contribution in [0.25, 0.3) is 0 Å². The van der Waals surface area contributed by atoms with Gasteiger partial charge in [-0.2, -0.15) is 0 Å². The lowest BCUT2D eigenvalue weighted by molar-refractivity contribution is -0.170. The molecular weight excluding hydrogens is 568 g/mol.